The fourth-order valence-corrected chi connectivity index (χ4v) is 2.63. The number of amides is 2. The van der Waals surface area contributed by atoms with E-state index in [1.165, 1.54) is 6.20 Å². The number of carbonyl (C=O) groups excluding carboxylic acids is 2. The summed E-state index contributed by atoms with van der Waals surface area (Å²) in [5.41, 5.74) is 1.56. The second kappa shape index (κ2) is 7.65. The van der Waals surface area contributed by atoms with Gasteiger partial charge in [0, 0.05) is 12.6 Å². The van der Waals surface area contributed by atoms with E-state index in [1.54, 1.807) is 48.5 Å². The van der Waals surface area contributed by atoms with Crippen LogP contribution in [0.25, 0.3) is 6.08 Å². The number of carboxylic acids is 1. The van der Waals surface area contributed by atoms with Crippen LogP contribution in [0.15, 0.2) is 54.7 Å². The predicted molar refractivity (Wildman–Crippen MR) is 94.8 cm³/mol. The maximum atomic E-state index is 12.3. The summed E-state index contributed by atoms with van der Waals surface area (Å²) in [4.78, 5) is 36.2. The second-order valence-electron chi connectivity index (χ2n) is 5.76. The van der Waals surface area contributed by atoms with Crippen molar-refractivity contribution in [3.05, 3.63) is 71.4 Å². The predicted octanol–water partition coefficient (Wildman–Crippen LogP) is 3.20. The number of carbonyl (C=O) groups is 3. The number of benzene rings is 2. The lowest BCUT2D eigenvalue weighted by Crippen LogP contribution is -2.23. The number of nitrogens with zero attached hydrogens (tertiary/aromatic N) is 1. The average molecular weight is 351 g/mol. The van der Waals surface area contributed by atoms with Gasteiger partial charge < -0.3 is 9.84 Å². The quantitative estimate of drug-likeness (QED) is 0.612. The lowest BCUT2D eigenvalue weighted by molar-refractivity contribution is -0.137. The normalized spacial score (nSPS) is 13.3. The molecule has 1 heterocycles. The molecule has 6 nitrogen and oxygen atoms in total. The Morgan fingerprint density at radius 1 is 1.04 bits per heavy atom. The Morgan fingerprint density at radius 2 is 1.73 bits per heavy atom. The zero-order chi connectivity index (χ0) is 18.5. The summed E-state index contributed by atoms with van der Waals surface area (Å²) >= 11 is 0. The zero-order valence-corrected chi connectivity index (χ0v) is 13.9. The van der Waals surface area contributed by atoms with Crippen LogP contribution in [-0.4, -0.2) is 34.4 Å². The van der Waals surface area contributed by atoms with Crippen molar-refractivity contribution in [1.29, 1.82) is 0 Å². The van der Waals surface area contributed by atoms with E-state index in [9.17, 15) is 14.4 Å². The van der Waals surface area contributed by atoms with Gasteiger partial charge in [-0.25, -0.2) is 4.90 Å². The van der Waals surface area contributed by atoms with E-state index in [-0.39, 0.29) is 18.2 Å². The molecule has 132 valence electrons. The first-order chi connectivity index (χ1) is 12.6. The van der Waals surface area contributed by atoms with E-state index in [1.807, 2.05) is 6.07 Å². The molecule has 1 aliphatic rings. The summed E-state index contributed by atoms with van der Waals surface area (Å²) in [6, 6.07) is 13.8. The minimum absolute atomic E-state index is 0.0549. The molecule has 1 N–H and O–H groups in total. The molecular formula is C20H17NO5. The Morgan fingerprint density at radius 3 is 2.38 bits per heavy atom. The molecular weight excluding hydrogens is 334 g/mol. The molecule has 0 spiro atoms. The number of aliphatic carboxylic acids is 1. The summed E-state index contributed by atoms with van der Waals surface area (Å²) in [5.74, 6) is -0.947. The molecule has 0 unspecified atom stereocenters. The van der Waals surface area contributed by atoms with Gasteiger partial charge >= 0.3 is 5.97 Å². The number of carboxylic acid groups (broad SMARTS) is 1. The van der Waals surface area contributed by atoms with Gasteiger partial charge in [-0.2, -0.15) is 0 Å². The fraction of sp³-hybridized carbons (Fsp3) is 0.150. The third kappa shape index (κ3) is 3.80. The summed E-state index contributed by atoms with van der Waals surface area (Å²) in [6.07, 6.45) is 3.59. The number of hydrogen-bond acceptors (Lipinski definition) is 4. The monoisotopic (exact) mass is 351 g/mol. The lowest BCUT2D eigenvalue weighted by Gasteiger charge is -2.08. The first-order valence-electron chi connectivity index (χ1n) is 8.16. The van der Waals surface area contributed by atoms with Gasteiger partial charge in [0.15, 0.2) is 0 Å². The van der Waals surface area contributed by atoms with Gasteiger partial charge in [0.1, 0.15) is 5.75 Å². The zero-order valence-electron chi connectivity index (χ0n) is 13.9. The Bertz CT molecular complexity index is 852. The average Bonchev–Trinajstić information content (AvgIpc) is 2.88. The summed E-state index contributed by atoms with van der Waals surface area (Å²) in [7, 11) is 0. The molecule has 0 bridgehead atoms. The Hall–Kier alpha value is -3.41. The highest BCUT2D eigenvalue weighted by Gasteiger charge is 2.33. The molecule has 0 aromatic heterocycles. The highest BCUT2D eigenvalue weighted by atomic mass is 16.5. The van der Waals surface area contributed by atoms with Gasteiger partial charge in [-0.3, -0.25) is 14.4 Å². The van der Waals surface area contributed by atoms with Crippen LogP contribution in [0.4, 0.5) is 0 Å². The third-order valence-corrected chi connectivity index (χ3v) is 3.90. The van der Waals surface area contributed by atoms with Crippen LogP contribution in [0.5, 0.6) is 5.75 Å². The van der Waals surface area contributed by atoms with Crippen molar-refractivity contribution >= 4 is 23.9 Å². The summed E-state index contributed by atoms with van der Waals surface area (Å²) in [5, 5.41) is 8.61. The minimum Gasteiger partial charge on any atom is -0.494 e. The number of hydrogen-bond donors (Lipinski definition) is 1. The van der Waals surface area contributed by atoms with Gasteiger partial charge in [-0.1, -0.05) is 24.3 Å². The molecule has 6 heteroatoms. The minimum atomic E-state index is -0.855. The molecule has 0 atom stereocenters. The molecule has 0 aliphatic carbocycles. The Balaban J connectivity index is 1.66. The van der Waals surface area contributed by atoms with Gasteiger partial charge in [0.25, 0.3) is 11.8 Å². The molecule has 26 heavy (non-hydrogen) atoms. The SMILES string of the molecule is O=C(O)CCCOc1cccc(C=CN2C(=O)c3ccccc3C2=O)c1. The molecule has 3 rings (SSSR count). The third-order valence-electron chi connectivity index (χ3n) is 3.90. The van der Waals surface area contributed by atoms with E-state index in [4.69, 9.17) is 9.84 Å². The maximum absolute atomic E-state index is 12.3. The van der Waals surface area contributed by atoms with Crippen molar-refractivity contribution in [1.82, 2.24) is 4.90 Å². The van der Waals surface area contributed by atoms with Gasteiger partial charge in [-0.05, 0) is 42.3 Å². The van der Waals surface area contributed by atoms with E-state index >= 15 is 0 Å². The summed E-state index contributed by atoms with van der Waals surface area (Å²) in [6.45, 7) is 0.303. The molecule has 1 aliphatic heterocycles. The largest absolute Gasteiger partial charge is 0.494 e. The van der Waals surface area contributed by atoms with E-state index < -0.39 is 5.97 Å². The van der Waals surface area contributed by atoms with Crippen molar-refractivity contribution in [3.8, 4) is 5.75 Å². The molecule has 2 aromatic carbocycles. The Labute approximate surface area is 150 Å². The van der Waals surface area contributed by atoms with Crippen molar-refractivity contribution in [2.24, 2.45) is 0 Å². The van der Waals surface area contributed by atoms with E-state index in [0.29, 0.717) is 29.9 Å². The number of ether oxygens (including phenoxy) is 1. The van der Waals surface area contributed by atoms with Crippen molar-refractivity contribution in [2.75, 3.05) is 6.61 Å². The van der Waals surface area contributed by atoms with Crippen LogP contribution >= 0.6 is 0 Å². The van der Waals surface area contributed by atoms with E-state index in [2.05, 4.69) is 0 Å². The maximum Gasteiger partial charge on any atom is 0.303 e. The van der Waals surface area contributed by atoms with Crippen molar-refractivity contribution < 1.29 is 24.2 Å². The molecule has 2 amide bonds. The lowest BCUT2D eigenvalue weighted by atomic mass is 10.1. The number of imide groups is 1. The molecule has 0 saturated heterocycles. The number of rotatable bonds is 7. The van der Waals surface area contributed by atoms with Crippen LogP contribution in [0.3, 0.4) is 0 Å². The number of fused-ring (bicyclic) bond motifs is 1. The van der Waals surface area contributed by atoms with Crippen LogP contribution < -0.4 is 4.74 Å². The van der Waals surface area contributed by atoms with Crippen LogP contribution in [0.1, 0.15) is 39.1 Å². The molecule has 0 saturated carbocycles. The highest BCUT2D eigenvalue weighted by Crippen LogP contribution is 2.23. The van der Waals surface area contributed by atoms with Gasteiger partial charge in [0.05, 0.1) is 17.7 Å². The van der Waals surface area contributed by atoms with Crippen LogP contribution in [0.2, 0.25) is 0 Å². The fourth-order valence-electron chi connectivity index (χ4n) is 2.63. The molecule has 2 aromatic rings. The van der Waals surface area contributed by atoms with Gasteiger partial charge in [0.2, 0.25) is 0 Å². The first kappa shape index (κ1) is 17.4. The second-order valence-corrected chi connectivity index (χ2v) is 5.76. The van der Waals surface area contributed by atoms with Gasteiger partial charge in [-0.15, -0.1) is 0 Å². The Kier molecular flexibility index (Phi) is 5.12. The summed E-state index contributed by atoms with van der Waals surface area (Å²) < 4.78 is 5.52. The highest BCUT2D eigenvalue weighted by molar-refractivity contribution is 6.22. The molecule has 0 radical (unpaired) electrons. The smallest absolute Gasteiger partial charge is 0.303 e. The van der Waals surface area contributed by atoms with Crippen molar-refractivity contribution in [2.45, 2.75) is 12.8 Å². The van der Waals surface area contributed by atoms with Crippen LogP contribution in [-0.2, 0) is 4.79 Å². The standard InChI is InChI=1S/C20H17NO5/c22-18(23)9-4-12-26-15-6-3-5-14(13-15)10-11-21-19(24)16-7-1-2-8-17(16)20(21)25/h1-3,5-8,10-11,13H,4,9,12H2,(H,22,23). The van der Waals surface area contributed by atoms with Crippen molar-refractivity contribution in [3.63, 3.8) is 0 Å². The topological polar surface area (TPSA) is 83.9 Å². The first-order valence-corrected chi connectivity index (χ1v) is 8.16. The van der Waals surface area contributed by atoms with Crippen LogP contribution in [0, 0.1) is 0 Å². The molecule has 0 fully saturated rings. The van der Waals surface area contributed by atoms with E-state index in [0.717, 1.165) is 10.5 Å².